The Labute approximate surface area is 132 Å². The molecule has 4 nitrogen and oxygen atoms in total. The number of likely N-dealkylation sites (tertiary alicyclic amines) is 1. The van der Waals surface area contributed by atoms with Crippen molar-refractivity contribution < 1.29 is 14.6 Å². The van der Waals surface area contributed by atoms with Gasteiger partial charge in [-0.05, 0) is 42.5 Å². The van der Waals surface area contributed by atoms with Crippen LogP contribution in [0.1, 0.15) is 25.3 Å². The van der Waals surface area contributed by atoms with E-state index in [-0.39, 0.29) is 11.5 Å². The summed E-state index contributed by atoms with van der Waals surface area (Å²) in [7, 11) is 5.44. The summed E-state index contributed by atoms with van der Waals surface area (Å²) < 4.78 is 10.9. The minimum Gasteiger partial charge on any atom is -0.493 e. The number of benzene rings is 1. The molecule has 0 saturated carbocycles. The zero-order chi connectivity index (χ0) is 15.9. The molecule has 2 aliphatic rings. The molecule has 120 valence electrons. The van der Waals surface area contributed by atoms with E-state index in [9.17, 15) is 5.11 Å². The van der Waals surface area contributed by atoms with Crippen LogP contribution in [0.15, 0.2) is 30.0 Å². The van der Waals surface area contributed by atoms with Gasteiger partial charge in [0.2, 0.25) is 0 Å². The lowest BCUT2D eigenvalue weighted by Gasteiger charge is -2.42. The third-order valence-corrected chi connectivity index (χ3v) is 5.40. The monoisotopic (exact) mass is 303 g/mol. The van der Waals surface area contributed by atoms with Crippen LogP contribution >= 0.6 is 0 Å². The molecule has 0 unspecified atom stereocenters. The topological polar surface area (TPSA) is 41.9 Å². The Balaban J connectivity index is 2.14. The number of methoxy groups -OCH3 is 2. The second kappa shape index (κ2) is 5.51. The second-order valence-corrected chi connectivity index (χ2v) is 6.47. The molecule has 3 rings (SSSR count). The predicted octanol–water partition coefficient (Wildman–Crippen LogP) is 2.56. The van der Waals surface area contributed by atoms with Crippen molar-refractivity contribution in [3.8, 4) is 11.5 Å². The molecule has 1 aromatic rings. The van der Waals surface area contributed by atoms with Crippen molar-refractivity contribution in [2.75, 3.05) is 27.8 Å². The van der Waals surface area contributed by atoms with Gasteiger partial charge in [-0.3, -0.25) is 0 Å². The van der Waals surface area contributed by atoms with E-state index in [0.717, 1.165) is 30.9 Å². The third kappa shape index (κ3) is 2.09. The van der Waals surface area contributed by atoms with Crippen LogP contribution in [0.3, 0.4) is 0 Å². The minimum absolute atomic E-state index is 0.0342. The van der Waals surface area contributed by atoms with Gasteiger partial charge >= 0.3 is 0 Å². The Morgan fingerprint density at radius 2 is 1.95 bits per heavy atom. The molecule has 0 spiro atoms. The summed E-state index contributed by atoms with van der Waals surface area (Å²) >= 11 is 0. The number of allylic oxidation sites excluding steroid dienone is 1. The summed E-state index contributed by atoms with van der Waals surface area (Å²) in [6.07, 6.45) is 3.55. The normalized spacial score (nSPS) is 30.8. The van der Waals surface area contributed by atoms with E-state index < -0.39 is 0 Å². The van der Waals surface area contributed by atoms with Gasteiger partial charge in [0.25, 0.3) is 0 Å². The van der Waals surface area contributed by atoms with E-state index >= 15 is 0 Å². The van der Waals surface area contributed by atoms with Gasteiger partial charge in [-0.15, -0.1) is 0 Å². The number of likely N-dealkylation sites (N-methyl/N-ethyl adjacent to an activating group) is 1. The van der Waals surface area contributed by atoms with E-state index in [1.807, 2.05) is 12.1 Å². The van der Waals surface area contributed by atoms with E-state index in [2.05, 4.69) is 31.0 Å². The predicted molar refractivity (Wildman–Crippen MR) is 86.3 cm³/mol. The molecule has 1 fully saturated rings. The number of rotatable bonds is 3. The maximum atomic E-state index is 10.1. The van der Waals surface area contributed by atoms with Crippen molar-refractivity contribution in [1.82, 2.24) is 4.90 Å². The van der Waals surface area contributed by atoms with Crippen LogP contribution in [0, 0.1) is 5.92 Å². The quantitative estimate of drug-likeness (QED) is 0.932. The lowest BCUT2D eigenvalue weighted by molar-refractivity contribution is 0.144. The van der Waals surface area contributed by atoms with E-state index in [1.165, 1.54) is 11.3 Å². The fraction of sp³-hybridized carbons (Fsp3) is 0.556. The van der Waals surface area contributed by atoms with Crippen LogP contribution in [-0.2, 0) is 5.41 Å². The van der Waals surface area contributed by atoms with Crippen molar-refractivity contribution in [1.29, 1.82) is 0 Å². The molecule has 1 aliphatic heterocycles. The van der Waals surface area contributed by atoms with Gasteiger partial charge in [0, 0.05) is 24.7 Å². The Bertz CT molecular complexity index is 598. The number of aliphatic hydroxyl groups is 1. The average Bonchev–Trinajstić information content (AvgIpc) is 2.85. The van der Waals surface area contributed by atoms with Gasteiger partial charge in [-0.1, -0.05) is 13.0 Å². The third-order valence-electron chi connectivity index (χ3n) is 5.40. The molecule has 1 heterocycles. The minimum atomic E-state index is -0.348. The summed E-state index contributed by atoms with van der Waals surface area (Å²) in [6, 6.07) is 6.22. The lowest BCUT2D eigenvalue weighted by atomic mass is 9.64. The van der Waals surface area contributed by atoms with Gasteiger partial charge in [-0.25, -0.2) is 0 Å². The summed E-state index contributed by atoms with van der Waals surface area (Å²) in [5.41, 5.74) is 2.46. The molecule has 0 amide bonds. The molecular formula is C18H25NO3. The van der Waals surface area contributed by atoms with E-state index in [0.29, 0.717) is 5.92 Å². The standard InChI is InChI=1S/C18H25NO3/c1-12-9-14(20)11-17-18(12,7-8-19(17)2)13-5-6-15(21-3)16(10-13)22-4/h5-6,10-12,14,20H,7-9H2,1-4H3/t12-,14-,18+/m0/s1. The first-order valence-electron chi connectivity index (χ1n) is 7.87. The molecule has 22 heavy (non-hydrogen) atoms. The van der Waals surface area contributed by atoms with Crippen molar-refractivity contribution in [2.45, 2.75) is 31.3 Å². The van der Waals surface area contributed by atoms with Gasteiger partial charge in [0.05, 0.1) is 20.3 Å². The summed E-state index contributed by atoms with van der Waals surface area (Å²) in [5, 5.41) is 10.1. The van der Waals surface area contributed by atoms with Crippen LogP contribution in [0.2, 0.25) is 0 Å². The maximum absolute atomic E-state index is 10.1. The van der Waals surface area contributed by atoms with Crippen molar-refractivity contribution >= 4 is 0 Å². The number of ether oxygens (including phenoxy) is 2. The SMILES string of the molecule is COc1ccc([C@]23CCN(C)C2=C[C@@H](O)C[C@@H]3C)cc1OC. The first-order chi connectivity index (χ1) is 10.5. The van der Waals surface area contributed by atoms with Crippen molar-refractivity contribution in [2.24, 2.45) is 5.92 Å². The molecule has 1 aromatic carbocycles. The molecule has 0 bridgehead atoms. The maximum Gasteiger partial charge on any atom is 0.161 e. The first kappa shape index (κ1) is 15.2. The van der Waals surface area contributed by atoms with E-state index in [1.54, 1.807) is 14.2 Å². The Hall–Kier alpha value is -1.68. The highest BCUT2D eigenvalue weighted by molar-refractivity contribution is 5.50. The Morgan fingerprint density at radius 1 is 1.23 bits per heavy atom. The fourth-order valence-electron chi connectivity index (χ4n) is 4.21. The van der Waals surface area contributed by atoms with Crippen LogP contribution < -0.4 is 9.47 Å². The average molecular weight is 303 g/mol. The van der Waals surface area contributed by atoms with E-state index in [4.69, 9.17) is 9.47 Å². The number of hydrogen-bond donors (Lipinski definition) is 1. The molecule has 0 radical (unpaired) electrons. The van der Waals surface area contributed by atoms with Crippen LogP contribution in [-0.4, -0.2) is 43.9 Å². The molecule has 4 heteroatoms. The molecule has 1 N–H and O–H groups in total. The molecule has 3 atom stereocenters. The van der Waals surface area contributed by atoms with Crippen LogP contribution in [0.4, 0.5) is 0 Å². The highest BCUT2D eigenvalue weighted by Gasteiger charge is 2.49. The van der Waals surface area contributed by atoms with Crippen molar-refractivity contribution in [3.05, 3.63) is 35.5 Å². The van der Waals surface area contributed by atoms with Gasteiger partial charge in [0.1, 0.15) is 0 Å². The largest absolute Gasteiger partial charge is 0.493 e. The first-order valence-corrected chi connectivity index (χ1v) is 7.87. The summed E-state index contributed by atoms with van der Waals surface area (Å²) in [6.45, 7) is 3.25. The summed E-state index contributed by atoms with van der Waals surface area (Å²) in [5.74, 6) is 1.90. The van der Waals surface area contributed by atoms with Gasteiger partial charge < -0.3 is 19.5 Å². The van der Waals surface area contributed by atoms with Crippen molar-refractivity contribution in [3.63, 3.8) is 0 Å². The second-order valence-electron chi connectivity index (χ2n) is 6.47. The molecular weight excluding hydrogens is 278 g/mol. The van der Waals surface area contributed by atoms with Crippen LogP contribution in [0.25, 0.3) is 0 Å². The van der Waals surface area contributed by atoms with Gasteiger partial charge in [-0.2, -0.15) is 0 Å². The smallest absolute Gasteiger partial charge is 0.161 e. The Morgan fingerprint density at radius 3 is 2.64 bits per heavy atom. The molecule has 0 aromatic heterocycles. The molecule has 1 saturated heterocycles. The number of aliphatic hydroxyl groups excluding tert-OH is 1. The van der Waals surface area contributed by atoms with Gasteiger partial charge in [0.15, 0.2) is 11.5 Å². The Kier molecular flexibility index (Phi) is 3.81. The lowest BCUT2D eigenvalue weighted by Crippen LogP contribution is -2.40. The van der Waals surface area contributed by atoms with Crippen LogP contribution in [0.5, 0.6) is 11.5 Å². The zero-order valence-electron chi connectivity index (χ0n) is 13.8. The highest BCUT2D eigenvalue weighted by atomic mass is 16.5. The fourth-order valence-corrected chi connectivity index (χ4v) is 4.21. The molecule has 1 aliphatic carbocycles. The number of hydrogen-bond acceptors (Lipinski definition) is 4. The summed E-state index contributed by atoms with van der Waals surface area (Å²) in [4.78, 5) is 2.27. The number of fused-ring (bicyclic) bond motifs is 1. The zero-order valence-corrected chi connectivity index (χ0v) is 13.8. The number of nitrogens with zero attached hydrogens (tertiary/aromatic N) is 1. The highest BCUT2D eigenvalue weighted by Crippen LogP contribution is 2.53.